The molecule has 4 rings (SSSR count). The Kier molecular flexibility index (Phi) is 4.23. The van der Waals surface area contributed by atoms with Crippen molar-refractivity contribution in [2.24, 2.45) is 11.8 Å². The van der Waals surface area contributed by atoms with Gasteiger partial charge in [0.05, 0.1) is 0 Å². The van der Waals surface area contributed by atoms with Crippen LogP contribution in [0.3, 0.4) is 0 Å². The first-order valence-electron chi connectivity index (χ1n) is 9.13. The molecule has 3 atom stereocenters. The third kappa shape index (κ3) is 3.03. The van der Waals surface area contributed by atoms with Gasteiger partial charge in [0.1, 0.15) is 5.82 Å². The SMILES string of the molecule is Cc1ccc(F)cc1NC(=O)C(=O)N1C[C@@H]2CN3CCCC[C@@H]3[C@@H]2C1. The molecule has 25 heavy (non-hydrogen) atoms. The van der Waals surface area contributed by atoms with Gasteiger partial charge in [-0.05, 0) is 55.8 Å². The number of aryl methyl sites for hydroxylation is 1. The molecule has 5 nitrogen and oxygen atoms in total. The molecule has 1 N–H and O–H groups in total. The zero-order valence-electron chi connectivity index (χ0n) is 14.5. The fourth-order valence-electron chi connectivity index (χ4n) is 4.77. The number of benzene rings is 1. The lowest BCUT2D eigenvalue weighted by Crippen LogP contribution is -2.43. The van der Waals surface area contributed by atoms with Crippen molar-refractivity contribution in [3.63, 3.8) is 0 Å². The van der Waals surface area contributed by atoms with E-state index in [2.05, 4.69) is 10.2 Å². The quantitative estimate of drug-likeness (QED) is 0.792. The highest BCUT2D eigenvalue weighted by Crippen LogP contribution is 2.40. The van der Waals surface area contributed by atoms with E-state index in [-0.39, 0.29) is 0 Å². The minimum Gasteiger partial charge on any atom is -0.334 e. The van der Waals surface area contributed by atoms with E-state index in [1.165, 1.54) is 37.9 Å². The molecule has 3 saturated heterocycles. The van der Waals surface area contributed by atoms with Crippen LogP contribution in [0.5, 0.6) is 0 Å². The van der Waals surface area contributed by atoms with E-state index in [0.717, 1.165) is 12.1 Å². The first-order valence-corrected chi connectivity index (χ1v) is 9.13. The summed E-state index contributed by atoms with van der Waals surface area (Å²) in [6.07, 6.45) is 3.74. The zero-order chi connectivity index (χ0) is 17.6. The van der Waals surface area contributed by atoms with Gasteiger partial charge in [-0.25, -0.2) is 4.39 Å². The van der Waals surface area contributed by atoms with Crippen LogP contribution >= 0.6 is 0 Å². The van der Waals surface area contributed by atoms with Crippen LogP contribution in [0.25, 0.3) is 0 Å². The number of fused-ring (bicyclic) bond motifs is 3. The van der Waals surface area contributed by atoms with Gasteiger partial charge in [-0.2, -0.15) is 0 Å². The van der Waals surface area contributed by atoms with Crippen LogP contribution < -0.4 is 5.32 Å². The number of amides is 2. The Morgan fingerprint density at radius 1 is 1.20 bits per heavy atom. The van der Waals surface area contributed by atoms with E-state index >= 15 is 0 Å². The molecular formula is C19H24FN3O2. The molecule has 0 unspecified atom stereocenters. The summed E-state index contributed by atoms with van der Waals surface area (Å²) in [4.78, 5) is 29.1. The van der Waals surface area contributed by atoms with Crippen molar-refractivity contribution < 1.29 is 14.0 Å². The predicted octanol–water partition coefficient (Wildman–Crippen LogP) is 2.02. The van der Waals surface area contributed by atoms with E-state index in [9.17, 15) is 14.0 Å². The van der Waals surface area contributed by atoms with Crippen LogP contribution in [-0.4, -0.2) is 53.8 Å². The average Bonchev–Trinajstić information content (AvgIpc) is 3.15. The summed E-state index contributed by atoms with van der Waals surface area (Å²) in [6.45, 7) is 5.32. The molecule has 1 aromatic carbocycles. The van der Waals surface area contributed by atoms with Crippen LogP contribution in [0, 0.1) is 24.6 Å². The smallest absolute Gasteiger partial charge is 0.313 e. The van der Waals surface area contributed by atoms with Gasteiger partial charge in [0, 0.05) is 31.4 Å². The normalized spacial score (nSPS) is 28.6. The minimum atomic E-state index is -0.672. The summed E-state index contributed by atoms with van der Waals surface area (Å²) < 4.78 is 13.4. The van der Waals surface area contributed by atoms with Gasteiger partial charge >= 0.3 is 11.8 Å². The average molecular weight is 345 g/mol. The molecule has 1 aromatic rings. The van der Waals surface area contributed by atoms with Gasteiger partial charge in [-0.1, -0.05) is 12.5 Å². The molecule has 0 saturated carbocycles. The third-order valence-corrected chi connectivity index (χ3v) is 6.05. The number of nitrogens with zero attached hydrogens (tertiary/aromatic N) is 2. The van der Waals surface area contributed by atoms with Crippen molar-refractivity contribution in [3.05, 3.63) is 29.6 Å². The number of likely N-dealkylation sites (tertiary alicyclic amines) is 1. The lowest BCUT2D eigenvalue weighted by Gasteiger charge is -2.33. The van der Waals surface area contributed by atoms with Crippen LogP contribution in [-0.2, 0) is 9.59 Å². The lowest BCUT2D eigenvalue weighted by molar-refractivity contribution is -0.142. The van der Waals surface area contributed by atoms with Crippen LogP contribution in [0.15, 0.2) is 18.2 Å². The summed E-state index contributed by atoms with van der Waals surface area (Å²) in [5.74, 6) is -0.625. The highest BCUT2D eigenvalue weighted by molar-refractivity contribution is 6.39. The molecule has 0 aromatic heterocycles. The van der Waals surface area contributed by atoms with Crippen molar-refractivity contribution in [2.45, 2.75) is 32.2 Å². The predicted molar refractivity (Wildman–Crippen MR) is 92.5 cm³/mol. The molecule has 3 heterocycles. The Morgan fingerprint density at radius 3 is 2.88 bits per heavy atom. The first kappa shape index (κ1) is 16.5. The van der Waals surface area contributed by atoms with Crippen molar-refractivity contribution in [1.29, 1.82) is 0 Å². The van der Waals surface area contributed by atoms with Gasteiger partial charge in [0.2, 0.25) is 0 Å². The maximum absolute atomic E-state index is 13.4. The molecule has 134 valence electrons. The molecule has 0 aliphatic carbocycles. The highest BCUT2D eigenvalue weighted by Gasteiger charge is 2.48. The van der Waals surface area contributed by atoms with Crippen molar-refractivity contribution >= 4 is 17.5 Å². The fraction of sp³-hybridized carbons (Fsp3) is 0.579. The monoisotopic (exact) mass is 345 g/mol. The summed E-state index contributed by atoms with van der Waals surface area (Å²) in [5, 5.41) is 2.57. The number of piperidine rings is 1. The molecule has 0 radical (unpaired) electrons. The van der Waals surface area contributed by atoms with E-state index in [4.69, 9.17) is 0 Å². The van der Waals surface area contributed by atoms with Gasteiger partial charge in [-0.15, -0.1) is 0 Å². The van der Waals surface area contributed by atoms with Gasteiger partial charge in [0.15, 0.2) is 0 Å². The second-order valence-electron chi connectivity index (χ2n) is 7.61. The van der Waals surface area contributed by atoms with E-state index in [1.807, 2.05) is 0 Å². The standard InChI is InChI=1S/C19H24FN3O2/c1-12-5-6-14(20)8-16(12)21-18(24)19(25)23-10-13-9-22-7-3-2-4-17(22)15(13)11-23/h5-6,8,13,15,17H,2-4,7,9-11H2,1H3,(H,21,24)/t13-,15+,17+/m0/s1. The molecule has 3 aliphatic heterocycles. The van der Waals surface area contributed by atoms with E-state index < -0.39 is 17.6 Å². The summed E-state index contributed by atoms with van der Waals surface area (Å²) in [6, 6.07) is 4.75. The number of anilines is 1. The second-order valence-corrected chi connectivity index (χ2v) is 7.61. The molecule has 6 heteroatoms. The second kappa shape index (κ2) is 6.41. The largest absolute Gasteiger partial charge is 0.334 e. The summed E-state index contributed by atoms with van der Waals surface area (Å²) in [7, 11) is 0. The number of rotatable bonds is 1. The Bertz CT molecular complexity index is 708. The topological polar surface area (TPSA) is 52.7 Å². The molecule has 2 amide bonds. The van der Waals surface area contributed by atoms with Gasteiger partial charge < -0.3 is 10.2 Å². The number of nitrogens with one attached hydrogen (secondary N) is 1. The highest BCUT2D eigenvalue weighted by atomic mass is 19.1. The minimum absolute atomic E-state index is 0.358. The number of hydrogen-bond donors (Lipinski definition) is 1. The van der Waals surface area contributed by atoms with Crippen molar-refractivity contribution in [2.75, 3.05) is 31.5 Å². The third-order valence-electron chi connectivity index (χ3n) is 6.05. The van der Waals surface area contributed by atoms with E-state index in [1.54, 1.807) is 17.9 Å². The maximum atomic E-state index is 13.4. The fourth-order valence-corrected chi connectivity index (χ4v) is 4.77. The molecule has 3 aliphatic rings. The van der Waals surface area contributed by atoms with Crippen LogP contribution in [0.4, 0.5) is 10.1 Å². The Hall–Kier alpha value is -1.95. The van der Waals surface area contributed by atoms with Crippen LogP contribution in [0.2, 0.25) is 0 Å². The Labute approximate surface area is 147 Å². The summed E-state index contributed by atoms with van der Waals surface area (Å²) >= 11 is 0. The Morgan fingerprint density at radius 2 is 2.04 bits per heavy atom. The number of carbonyl (C=O) groups is 2. The number of hydrogen-bond acceptors (Lipinski definition) is 3. The lowest BCUT2D eigenvalue weighted by atomic mass is 9.90. The molecular weight excluding hydrogens is 321 g/mol. The van der Waals surface area contributed by atoms with Gasteiger partial charge in [0.25, 0.3) is 0 Å². The van der Waals surface area contributed by atoms with Crippen molar-refractivity contribution in [1.82, 2.24) is 9.80 Å². The maximum Gasteiger partial charge on any atom is 0.313 e. The number of halogens is 1. The Balaban J connectivity index is 1.40. The van der Waals surface area contributed by atoms with Crippen molar-refractivity contribution in [3.8, 4) is 0 Å². The number of carbonyl (C=O) groups excluding carboxylic acids is 2. The van der Waals surface area contributed by atoms with Gasteiger partial charge in [-0.3, -0.25) is 14.5 Å². The molecule has 3 fully saturated rings. The first-order chi connectivity index (χ1) is 12.0. The van der Waals surface area contributed by atoms with Crippen LogP contribution in [0.1, 0.15) is 24.8 Å². The zero-order valence-corrected chi connectivity index (χ0v) is 14.5. The molecule has 0 spiro atoms. The summed E-state index contributed by atoms with van der Waals surface area (Å²) in [5.41, 5.74) is 1.09. The van der Waals surface area contributed by atoms with E-state index in [0.29, 0.717) is 36.7 Å². The molecule has 0 bridgehead atoms.